The largest absolute Gasteiger partial charge is 0.457 e. The van der Waals surface area contributed by atoms with Gasteiger partial charge in [-0.05, 0) is 31.4 Å². The van der Waals surface area contributed by atoms with E-state index in [1.807, 2.05) is 38.1 Å². The van der Waals surface area contributed by atoms with E-state index < -0.39 is 0 Å². The second kappa shape index (κ2) is 4.19. The van der Waals surface area contributed by atoms with Crippen LogP contribution in [0.1, 0.15) is 13.8 Å². The first-order chi connectivity index (χ1) is 7.70. The van der Waals surface area contributed by atoms with Gasteiger partial charge >= 0.3 is 5.88 Å². The molecule has 0 aliphatic heterocycles. The van der Waals surface area contributed by atoms with Crippen molar-refractivity contribution in [1.82, 2.24) is 4.98 Å². The average Bonchev–Trinajstić information content (AvgIpc) is 2.28. The molecule has 0 aliphatic rings. The highest BCUT2D eigenvalue weighted by atomic mass is 16.5. The molecule has 3 heteroatoms. The molecule has 0 saturated heterocycles. The summed E-state index contributed by atoms with van der Waals surface area (Å²) >= 11 is 0. The monoisotopic (exact) mass is 212 g/mol. The van der Waals surface area contributed by atoms with E-state index in [0.29, 0.717) is 11.7 Å². The summed E-state index contributed by atoms with van der Waals surface area (Å²) in [6.07, 6.45) is 0.0527. The number of aromatic nitrogens is 1. The number of ether oxygens (including phenoxy) is 1. The summed E-state index contributed by atoms with van der Waals surface area (Å²) < 4.78 is 5.62. The van der Waals surface area contributed by atoms with Crippen LogP contribution >= 0.6 is 0 Å². The number of benzene rings is 1. The van der Waals surface area contributed by atoms with Gasteiger partial charge in [0, 0.05) is 0 Å². The van der Waals surface area contributed by atoms with Gasteiger partial charge in [0.25, 0.3) is 5.82 Å². The van der Waals surface area contributed by atoms with Crippen LogP contribution in [-0.2, 0) is 0 Å². The van der Waals surface area contributed by atoms with Crippen LogP contribution in [0.4, 0.5) is 5.82 Å². The highest BCUT2D eigenvalue weighted by Crippen LogP contribution is 2.28. The third-order valence-electron chi connectivity index (χ3n) is 2.15. The molecule has 1 heterocycles. The highest BCUT2D eigenvalue weighted by molar-refractivity contribution is 5.89. The molecular formula is C13H12N2O. The molecule has 0 aliphatic carbocycles. The Labute approximate surface area is 94.5 Å². The van der Waals surface area contributed by atoms with Crippen LogP contribution in [0.3, 0.4) is 0 Å². The maximum absolute atomic E-state index is 7.01. The Morgan fingerprint density at radius 2 is 2.06 bits per heavy atom. The molecular weight excluding hydrogens is 200 g/mol. The van der Waals surface area contributed by atoms with Crippen molar-refractivity contribution >= 4 is 16.6 Å². The second-order valence-corrected chi connectivity index (χ2v) is 3.79. The predicted molar refractivity (Wildman–Crippen MR) is 63.8 cm³/mol. The Kier molecular flexibility index (Phi) is 2.74. The zero-order chi connectivity index (χ0) is 11.5. The molecule has 2 aromatic rings. The van der Waals surface area contributed by atoms with Gasteiger partial charge in [-0.25, -0.2) is 0 Å². The Bertz CT molecular complexity index is 555. The van der Waals surface area contributed by atoms with Gasteiger partial charge in [-0.15, -0.1) is 0 Å². The van der Waals surface area contributed by atoms with Gasteiger partial charge in [-0.1, -0.05) is 29.8 Å². The molecule has 0 saturated carbocycles. The van der Waals surface area contributed by atoms with Crippen molar-refractivity contribution in [1.29, 1.82) is 0 Å². The highest BCUT2D eigenvalue weighted by Gasteiger charge is 2.11. The lowest BCUT2D eigenvalue weighted by atomic mass is 10.1. The molecule has 0 N–H and O–H groups in total. The van der Waals surface area contributed by atoms with Gasteiger partial charge in [0.05, 0.1) is 11.5 Å². The minimum atomic E-state index is 0.0527. The molecule has 0 bridgehead atoms. The molecule has 0 spiro atoms. The van der Waals surface area contributed by atoms with Crippen LogP contribution < -0.4 is 4.74 Å². The van der Waals surface area contributed by atoms with Crippen molar-refractivity contribution in [2.24, 2.45) is 0 Å². The zero-order valence-electron chi connectivity index (χ0n) is 9.27. The van der Waals surface area contributed by atoms with Gasteiger partial charge < -0.3 is 9.58 Å². The summed E-state index contributed by atoms with van der Waals surface area (Å²) in [7, 11) is 0. The zero-order valence-corrected chi connectivity index (χ0v) is 9.27. The summed E-state index contributed by atoms with van der Waals surface area (Å²) in [5.74, 6) is 0.911. The van der Waals surface area contributed by atoms with Crippen LogP contribution in [0.2, 0.25) is 0 Å². The SMILES string of the molecule is [C-]#[N+]c1cc2ccccc2c(OC(C)C)n1. The van der Waals surface area contributed by atoms with Crippen molar-refractivity contribution in [2.45, 2.75) is 20.0 Å². The summed E-state index contributed by atoms with van der Waals surface area (Å²) in [5, 5.41) is 1.93. The Hall–Kier alpha value is -2.08. The quantitative estimate of drug-likeness (QED) is 0.711. The number of rotatable bonds is 2. The third kappa shape index (κ3) is 1.96. The second-order valence-electron chi connectivity index (χ2n) is 3.79. The molecule has 1 aromatic heterocycles. The van der Waals surface area contributed by atoms with Crippen LogP contribution in [0, 0.1) is 6.57 Å². The first-order valence-electron chi connectivity index (χ1n) is 5.14. The van der Waals surface area contributed by atoms with Crippen LogP contribution in [-0.4, -0.2) is 11.1 Å². The van der Waals surface area contributed by atoms with Crippen LogP contribution in [0.5, 0.6) is 5.88 Å². The van der Waals surface area contributed by atoms with E-state index in [0.717, 1.165) is 10.8 Å². The van der Waals surface area contributed by atoms with E-state index in [9.17, 15) is 0 Å². The number of fused-ring (bicyclic) bond motifs is 1. The van der Waals surface area contributed by atoms with E-state index in [2.05, 4.69) is 9.83 Å². The first kappa shape index (κ1) is 10.4. The maximum atomic E-state index is 7.01. The molecule has 0 unspecified atom stereocenters. The lowest BCUT2D eigenvalue weighted by Crippen LogP contribution is -2.07. The molecule has 0 fully saturated rings. The average molecular weight is 212 g/mol. The molecule has 0 radical (unpaired) electrons. The summed E-state index contributed by atoms with van der Waals surface area (Å²) in [6, 6.07) is 9.56. The minimum absolute atomic E-state index is 0.0527. The normalized spacial score (nSPS) is 10.4. The smallest absolute Gasteiger partial charge is 0.317 e. The number of hydrogen-bond donors (Lipinski definition) is 0. The number of nitrogens with zero attached hydrogens (tertiary/aromatic N) is 2. The van der Waals surface area contributed by atoms with E-state index in [-0.39, 0.29) is 6.10 Å². The topological polar surface area (TPSA) is 26.5 Å². The lowest BCUT2D eigenvalue weighted by molar-refractivity contribution is 0.236. The maximum Gasteiger partial charge on any atom is 0.317 e. The Balaban J connectivity index is 2.65. The fourth-order valence-corrected chi connectivity index (χ4v) is 1.52. The lowest BCUT2D eigenvalue weighted by Gasteiger charge is -2.08. The van der Waals surface area contributed by atoms with E-state index >= 15 is 0 Å². The van der Waals surface area contributed by atoms with E-state index in [1.54, 1.807) is 6.07 Å². The molecule has 2 rings (SSSR count). The number of pyridine rings is 1. The first-order valence-corrected chi connectivity index (χ1v) is 5.14. The van der Waals surface area contributed by atoms with Crippen LogP contribution in [0.25, 0.3) is 15.6 Å². The van der Waals surface area contributed by atoms with Crippen LogP contribution in [0.15, 0.2) is 30.3 Å². The predicted octanol–water partition coefficient (Wildman–Crippen LogP) is 3.57. The van der Waals surface area contributed by atoms with Crippen molar-refractivity contribution in [3.05, 3.63) is 41.7 Å². The third-order valence-corrected chi connectivity index (χ3v) is 2.15. The fourth-order valence-electron chi connectivity index (χ4n) is 1.52. The van der Waals surface area contributed by atoms with E-state index in [4.69, 9.17) is 11.3 Å². The van der Waals surface area contributed by atoms with Gasteiger partial charge in [-0.3, -0.25) is 0 Å². The van der Waals surface area contributed by atoms with Crippen molar-refractivity contribution < 1.29 is 4.74 Å². The summed E-state index contributed by atoms with van der Waals surface area (Å²) in [5.41, 5.74) is 0. The fraction of sp³-hybridized carbons (Fsp3) is 0.231. The molecule has 0 atom stereocenters. The van der Waals surface area contributed by atoms with Gasteiger partial charge in [-0.2, -0.15) is 0 Å². The van der Waals surface area contributed by atoms with Gasteiger partial charge in [0.1, 0.15) is 0 Å². The Morgan fingerprint density at radius 1 is 1.31 bits per heavy atom. The summed E-state index contributed by atoms with van der Waals surface area (Å²) in [4.78, 5) is 7.53. The van der Waals surface area contributed by atoms with Crippen molar-refractivity contribution in [2.75, 3.05) is 0 Å². The standard InChI is InChI=1S/C13H12N2O/c1-9(2)16-13-11-7-5-4-6-10(11)8-12(14-3)15-13/h4-9H,1-2H3. The van der Waals surface area contributed by atoms with Crippen molar-refractivity contribution in [3.63, 3.8) is 0 Å². The van der Waals surface area contributed by atoms with Crippen molar-refractivity contribution in [3.8, 4) is 5.88 Å². The number of hydrogen-bond acceptors (Lipinski definition) is 2. The molecule has 16 heavy (non-hydrogen) atoms. The molecule has 3 nitrogen and oxygen atoms in total. The van der Waals surface area contributed by atoms with Gasteiger partial charge in [0.2, 0.25) is 0 Å². The minimum Gasteiger partial charge on any atom is -0.457 e. The van der Waals surface area contributed by atoms with E-state index in [1.165, 1.54) is 0 Å². The molecule has 0 amide bonds. The molecule has 1 aromatic carbocycles. The van der Waals surface area contributed by atoms with Gasteiger partial charge in [0.15, 0.2) is 0 Å². The Morgan fingerprint density at radius 3 is 2.75 bits per heavy atom. The summed E-state index contributed by atoms with van der Waals surface area (Å²) in [6.45, 7) is 10.9. The molecule has 80 valence electrons.